The molecule has 1 aliphatic carbocycles. The van der Waals surface area contributed by atoms with E-state index in [1.165, 1.54) is 69.1 Å². The van der Waals surface area contributed by atoms with E-state index in [1.807, 2.05) is 13.8 Å². The Morgan fingerprint density at radius 1 is 1.18 bits per heavy atom. The lowest BCUT2D eigenvalue weighted by Crippen LogP contribution is -2.27. The molecule has 0 unspecified atom stereocenters. The van der Waals surface area contributed by atoms with Gasteiger partial charge in [-0.1, -0.05) is 38.8 Å². The molecule has 5 N–H and O–H groups in total. The van der Waals surface area contributed by atoms with Gasteiger partial charge in [-0.05, 0) is 43.0 Å². The van der Waals surface area contributed by atoms with Gasteiger partial charge in [0.25, 0.3) is 0 Å². The van der Waals surface area contributed by atoms with E-state index in [1.54, 1.807) is 0 Å². The molecule has 1 saturated carbocycles. The van der Waals surface area contributed by atoms with E-state index in [0.717, 1.165) is 10.6 Å². The van der Waals surface area contributed by atoms with Crippen LogP contribution in [-0.4, -0.2) is 71.2 Å². The van der Waals surface area contributed by atoms with Crippen molar-refractivity contribution in [2.24, 2.45) is 5.73 Å². The Morgan fingerprint density at radius 2 is 1.77 bits per heavy atom. The highest BCUT2D eigenvalue weighted by molar-refractivity contribution is 7.92. The van der Waals surface area contributed by atoms with Crippen LogP contribution in [-0.2, 0) is 14.8 Å². The van der Waals surface area contributed by atoms with Crippen LogP contribution in [0.2, 0.25) is 0 Å². The van der Waals surface area contributed by atoms with E-state index >= 15 is 0 Å². The van der Waals surface area contributed by atoms with Gasteiger partial charge in [0.2, 0.25) is 16.0 Å². The zero-order valence-corrected chi connectivity index (χ0v) is 23.6. The lowest BCUT2D eigenvalue weighted by atomic mass is 9.97. The summed E-state index contributed by atoms with van der Waals surface area (Å²) in [7, 11) is -2.33. The molecule has 1 heterocycles. The molecule has 0 spiro atoms. The van der Waals surface area contributed by atoms with E-state index in [9.17, 15) is 27.8 Å². The summed E-state index contributed by atoms with van der Waals surface area (Å²) < 4.78 is 38.6. The van der Waals surface area contributed by atoms with Crippen LogP contribution in [0.15, 0.2) is 30.3 Å². The van der Waals surface area contributed by atoms with Crippen LogP contribution in [0.5, 0.6) is 0 Å². The summed E-state index contributed by atoms with van der Waals surface area (Å²) in [6.07, 6.45) is 6.11. The van der Waals surface area contributed by atoms with Gasteiger partial charge >= 0.3 is 5.97 Å². The smallest absolute Gasteiger partial charge is 0.305 e. The van der Waals surface area contributed by atoms with Crippen LogP contribution in [0.25, 0.3) is 17.3 Å². The fourth-order valence-electron chi connectivity index (χ4n) is 4.00. The maximum atomic E-state index is 13.5. The number of anilines is 1. The molecule has 3 rings (SSSR count). The number of hydrogen-bond donors (Lipinski definition) is 4. The predicted molar refractivity (Wildman–Crippen MR) is 149 cm³/mol. The fraction of sp³-hybridized carbons (Fsp3) is 0.519. The zero-order valence-electron chi connectivity index (χ0n) is 22.8. The van der Waals surface area contributed by atoms with Crippen molar-refractivity contribution in [3.63, 3.8) is 0 Å². The number of rotatable bonds is 10. The largest absolute Gasteiger partial charge is 0.481 e. The number of carboxylic acids is 1. The number of sulfonamides is 1. The van der Waals surface area contributed by atoms with Crippen LogP contribution in [0.3, 0.4) is 0 Å². The van der Waals surface area contributed by atoms with Crippen molar-refractivity contribution >= 4 is 28.0 Å². The first-order chi connectivity index (χ1) is 18.2. The van der Waals surface area contributed by atoms with Gasteiger partial charge in [-0.3, -0.25) is 4.79 Å². The molecule has 0 radical (unpaired) electrons. The molecular weight excluding hydrogens is 527 g/mol. The highest BCUT2D eigenvalue weighted by Crippen LogP contribution is 2.31. The summed E-state index contributed by atoms with van der Waals surface area (Å²) in [6, 6.07) is 6.03. The van der Waals surface area contributed by atoms with E-state index in [0.29, 0.717) is 28.6 Å². The van der Waals surface area contributed by atoms with E-state index < -0.39 is 40.4 Å². The van der Waals surface area contributed by atoms with Crippen LogP contribution in [0, 0.1) is 5.82 Å². The van der Waals surface area contributed by atoms with Gasteiger partial charge in [-0.2, -0.15) is 0 Å². The minimum atomic E-state index is -3.65. The number of nitrogens with zero attached hydrogens (tertiary/aromatic N) is 3. The maximum Gasteiger partial charge on any atom is 0.305 e. The third-order valence-electron chi connectivity index (χ3n) is 6.22. The molecule has 12 heteroatoms. The molecule has 1 aliphatic rings. The first-order valence-corrected chi connectivity index (χ1v) is 14.7. The molecule has 10 nitrogen and oxygen atoms in total. The average Bonchev–Trinajstić information content (AvgIpc) is 3.32. The first-order valence-electron chi connectivity index (χ1n) is 12.8. The molecule has 0 saturated heterocycles. The topological polar surface area (TPSA) is 167 Å². The van der Waals surface area contributed by atoms with Crippen molar-refractivity contribution in [3.05, 3.63) is 47.4 Å². The van der Waals surface area contributed by atoms with E-state index in [4.69, 9.17) is 10.8 Å². The third-order valence-corrected chi connectivity index (χ3v) is 7.37. The van der Waals surface area contributed by atoms with Crippen LogP contribution < -0.4 is 10.0 Å². The lowest BCUT2D eigenvalue weighted by Gasteiger charge is -2.20. The van der Waals surface area contributed by atoms with Gasteiger partial charge < -0.3 is 21.1 Å². The van der Waals surface area contributed by atoms with Gasteiger partial charge in [0.15, 0.2) is 0 Å². The van der Waals surface area contributed by atoms with Crippen molar-refractivity contribution in [3.8, 4) is 11.3 Å². The molecule has 0 aliphatic heterocycles. The molecule has 216 valence electrons. The zero-order chi connectivity index (χ0) is 29.3. The number of aliphatic hydroxyl groups excluding tert-OH is 2. The second-order valence-corrected chi connectivity index (χ2v) is 12.0. The summed E-state index contributed by atoms with van der Waals surface area (Å²) in [6.45, 7) is 3.71. The van der Waals surface area contributed by atoms with E-state index in [2.05, 4.69) is 9.97 Å². The summed E-state index contributed by atoms with van der Waals surface area (Å²) in [5.41, 5.74) is 7.34. The van der Waals surface area contributed by atoms with Gasteiger partial charge in [-0.25, -0.2) is 27.1 Å². The monoisotopic (exact) mass is 566 g/mol. The normalized spacial score (nSPS) is 15.7. The van der Waals surface area contributed by atoms with Crippen molar-refractivity contribution in [1.82, 2.24) is 9.97 Å². The number of nitrogens with two attached hydrogens (primary N) is 1. The molecule has 2 atom stereocenters. The minimum Gasteiger partial charge on any atom is -0.481 e. The molecule has 0 bridgehead atoms. The second-order valence-electron chi connectivity index (χ2n) is 10.0. The quantitative estimate of drug-likeness (QED) is 0.337. The molecule has 1 aromatic heterocycles. The highest BCUT2D eigenvalue weighted by atomic mass is 32.2. The minimum absolute atomic E-state index is 0.0601. The molecular formula is C27H39FN4O6S. The Hall–Kier alpha value is -2.93. The van der Waals surface area contributed by atoms with Gasteiger partial charge in [-0.15, -0.1) is 0 Å². The molecule has 2 aromatic rings. The lowest BCUT2D eigenvalue weighted by molar-refractivity contribution is -0.139. The molecule has 39 heavy (non-hydrogen) atoms. The standard InChI is InChI=1S/C22H28FN3O6S.C5H11N/c1-13(2)20-18(10-9-16(27)11-17(28)12-19(29)30)21(14-5-7-15(23)8-6-14)25-22(24-20)26(3)33(4,31)32;6-5-3-1-2-4-5/h5-10,13,16-17,27-28H,11-12H2,1-4H3,(H,29,30);5H,1-4,6H2/b10-9+;/t16-,17-;/m1./s1. The third kappa shape index (κ3) is 10.3. The number of benzene rings is 1. The summed E-state index contributed by atoms with van der Waals surface area (Å²) in [5, 5.41) is 28.8. The number of carboxylic acid groups (broad SMARTS) is 1. The van der Waals surface area contributed by atoms with Crippen molar-refractivity contribution < 1.29 is 32.9 Å². The van der Waals surface area contributed by atoms with Crippen LogP contribution >= 0.6 is 0 Å². The maximum absolute atomic E-state index is 13.5. The highest BCUT2D eigenvalue weighted by Gasteiger charge is 2.22. The Bertz CT molecular complexity index is 1230. The van der Waals surface area contributed by atoms with Gasteiger partial charge in [0.1, 0.15) is 5.82 Å². The Labute approximate surface area is 229 Å². The Kier molecular flexibility index (Phi) is 12.0. The Morgan fingerprint density at radius 3 is 2.23 bits per heavy atom. The summed E-state index contributed by atoms with van der Waals surface area (Å²) in [5.74, 6) is -1.87. The second kappa shape index (κ2) is 14.5. The number of halogens is 1. The van der Waals surface area contributed by atoms with Crippen molar-refractivity contribution in [1.29, 1.82) is 0 Å². The van der Waals surface area contributed by atoms with Crippen molar-refractivity contribution in [2.75, 3.05) is 17.6 Å². The van der Waals surface area contributed by atoms with Crippen molar-refractivity contribution in [2.45, 2.75) is 76.5 Å². The summed E-state index contributed by atoms with van der Waals surface area (Å²) in [4.78, 5) is 19.6. The number of aliphatic carboxylic acids is 1. The van der Waals surface area contributed by atoms with Crippen LogP contribution in [0.1, 0.15) is 69.5 Å². The predicted octanol–water partition coefficient (Wildman–Crippen LogP) is 3.29. The van der Waals surface area contributed by atoms with E-state index in [-0.39, 0.29) is 18.3 Å². The average molecular weight is 567 g/mol. The van der Waals surface area contributed by atoms with Gasteiger partial charge in [0.05, 0.1) is 36.3 Å². The van der Waals surface area contributed by atoms with Crippen LogP contribution in [0.4, 0.5) is 10.3 Å². The Balaban J connectivity index is 0.000000780. The number of aromatic nitrogens is 2. The molecule has 1 aromatic carbocycles. The fourth-order valence-corrected chi connectivity index (χ4v) is 4.38. The van der Waals surface area contributed by atoms with Gasteiger partial charge in [0, 0.05) is 30.6 Å². The summed E-state index contributed by atoms with van der Waals surface area (Å²) >= 11 is 0. The first kappa shape index (κ1) is 32.3. The molecule has 0 amide bonds. The number of carbonyl (C=O) groups is 1. The number of hydrogen-bond acceptors (Lipinski definition) is 8. The SMILES string of the molecule is CC(C)c1nc(N(C)S(C)(=O)=O)nc(-c2ccc(F)cc2)c1/C=C/[C@@H](O)C[C@@H](O)CC(=O)O.NC1CCCC1. The number of aliphatic hydroxyl groups is 2. The molecule has 1 fully saturated rings.